The molecule has 6 nitrogen and oxygen atoms in total. The smallest absolute Gasteiger partial charge is 0.254 e. The molecule has 0 unspecified atom stereocenters. The highest BCUT2D eigenvalue weighted by atomic mass is 16.5. The highest BCUT2D eigenvalue weighted by molar-refractivity contribution is 5.93. The number of carbonyl (C=O) groups excluding carboxylic acids is 1. The Morgan fingerprint density at radius 1 is 1.55 bits per heavy atom. The van der Waals surface area contributed by atoms with Crippen LogP contribution in [0, 0.1) is 0 Å². The Morgan fingerprint density at radius 2 is 2.35 bits per heavy atom. The van der Waals surface area contributed by atoms with Gasteiger partial charge >= 0.3 is 0 Å². The average molecular weight is 281 g/mol. The van der Waals surface area contributed by atoms with E-state index < -0.39 is 0 Å². The second-order valence-electron chi connectivity index (χ2n) is 5.61. The molecule has 0 atom stereocenters. The lowest BCUT2D eigenvalue weighted by atomic mass is 10.0. The van der Waals surface area contributed by atoms with E-state index in [2.05, 4.69) is 24.1 Å². The summed E-state index contributed by atoms with van der Waals surface area (Å²) in [4.78, 5) is 14.3. The first-order valence-electron chi connectivity index (χ1n) is 6.91. The van der Waals surface area contributed by atoms with Gasteiger partial charge in [0, 0.05) is 25.2 Å². The van der Waals surface area contributed by atoms with Crippen molar-refractivity contribution in [2.24, 2.45) is 5.73 Å². The van der Waals surface area contributed by atoms with E-state index in [1.807, 2.05) is 0 Å². The van der Waals surface area contributed by atoms with Gasteiger partial charge in [-0.2, -0.15) is 0 Å². The standard InChI is InChI=1S/C14H23N3O3/c1-14(2)10-19-6-5-17(14)4-3-16-13(18)11-7-12(8-15)20-9-11/h7,9H,3-6,8,10,15H2,1-2H3,(H,16,18). The third-order valence-electron chi connectivity index (χ3n) is 3.60. The number of rotatable bonds is 5. The van der Waals surface area contributed by atoms with Crippen molar-refractivity contribution in [3.8, 4) is 0 Å². The van der Waals surface area contributed by atoms with Crippen molar-refractivity contribution in [1.29, 1.82) is 0 Å². The van der Waals surface area contributed by atoms with E-state index in [-0.39, 0.29) is 11.4 Å². The fourth-order valence-corrected chi connectivity index (χ4v) is 2.32. The first kappa shape index (κ1) is 15.0. The van der Waals surface area contributed by atoms with Crippen molar-refractivity contribution >= 4 is 5.91 Å². The van der Waals surface area contributed by atoms with E-state index in [9.17, 15) is 4.79 Å². The molecule has 6 heteroatoms. The van der Waals surface area contributed by atoms with Gasteiger partial charge in [-0.25, -0.2) is 0 Å². The van der Waals surface area contributed by atoms with Crippen molar-refractivity contribution in [2.45, 2.75) is 25.9 Å². The molecule has 1 aliphatic rings. The molecule has 0 radical (unpaired) electrons. The highest BCUT2D eigenvalue weighted by Gasteiger charge is 2.29. The second-order valence-corrected chi connectivity index (χ2v) is 5.61. The molecule has 20 heavy (non-hydrogen) atoms. The topological polar surface area (TPSA) is 80.7 Å². The first-order chi connectivity index (χ1) is 9.53. The molecule has 3 N–H and O–H groups in total. The van der Waals surface area contributed by atoms with Crippen LogP contribution < -0.4 is 11.1 Å². The van der Waals surface area contributed by atoms with Gasteiger partial charge < -0.3 is 20.2 Å². The number of hydrogen-bond acceptors (Lipinski definition) is 5. The summed E-state index contributed by atoms with van der Waals surface area (Å²) >= 11 is 0. The van der Waals surface area contributed by atoms with E-state index in [0.717, 1.165) is 26.3 Å². The fraction of sp³-hybridized carbons (Fsp3) is 0.643. The summed E-state index contributed by atoms with van der Waals surface area (Å²) in [5, 5.41) is 2.90. The fourth-order valence-electron chi connectivity index (χ4n) is 2.32. The molecule has 0 aliphatic carbocycles. The molecule has 0 spiro atoms. The number of nitrogens with one attached hydrogen (secondary N) is 1. The number of morpholine rings is 1. The molecule has 1 fully saturated rings. The minimum absolute atomic E-state index is 0.0192. The van der Waals surface area contributed by atoms with E-state index in [1.165, 1.54) is 6.26 Å². The first-order valence-corrected chi connectivity index (χ1v) is 6.91. The Balaban J connectivity index is 1.79. The van der Waals surface area contributed by atoms with Crippen LogP contribution in [0.4, 0.5) is 0 Å². The predicted molar refractivity (Wildman–Crippen MR) is 75.4 cm³/mol. The molecule has 1 aromatic rings. The van der Waals surface area contributed by atoms with Crippen LogP contribution in [0.2, 0.25) is 0 Å². The predicted octanol–water partition coefficient (Wildman–Crippen LogP) is 0.579. The Kier molecular flexibility index (Phi) is 4.80. The summed E-state index contributed by atoms with van der Waals surface area (Å²) < 4.78 is 10.6. The Morgan fingerprint density at radius 3 is 3.00 bits per heavy atom. The van der Waals surface area contributed by atoms with Gasteiger partial charge in [0.1, 0.15) is 12.0 Å². The Bertz CT molecular complexity index is 456. The summed E-state index contributed by atoms with van der Waals surface area (Å²) in [6.07, 6.45) is 1.44. The number of ether oxygens (including phenoxy) is 1. The lowest BCUT2D eigenvalue weighted by Crippen LogP contribution is -2.54. The van der Waals surface area contributed by atoms with Gasteiger partial charge in [0.15, 0.2) is 0 Å². The SMILES string of the molecule is CC1(C)COCCN1CCNC(=O)c1coc(CN)c1. The van der Waals surface area contributed by atoms with Crippen LogP contribution >= 0.6 is 0 Å². The molecule has 1 aliphatic heterocycles. The molecule has 0 bridgehead atoms. The van der Waals surface area contributed by atoms with Crippen molar-refractivity contribution in [1.82, 2.24) is 10.2 Å². The minimum Gasteiger partial charge on any atom is -0.467 e. The molecule has 1 aromatic heterocycles. The summed E-state index contributed by atoms with van der Waals surface area (Å²) in [6, 6.07) is 1.67. The number of nitrogens with two attached hydrogens (primary N) is 1. The van der Waals surface area contributed by atoms with Gasteiger partial charge in [-0.15, -0.1) is 0 Å². The van der Waals surface area contributed by atoms with E-state index in [1.54, 1.807) is 6.07 Å². The molecule has 2 heterocycles. The Hall–Kier alpha value is -1.37. The van der Waals surface area contributed by atoms with Gasteiger partial charge in [-0.05, 0) is 19.9 Å². The van der Waals surface area contributed by atoms with Gasteiger partial charge in [0.2, 0.25) is 0 Å². The normalized spacial score (nSPS) is 18.9. The van der Waals surface area contributed by atoms with Crippen LogP contribution in [0.3, 0.4) is 0 Å². The van der Waals surface area contributed by atoms with Crippen molar-refractivity contribution in [2.75, 3.05) is 32.8 Å². The summed E-state index contributed by atoms with van der Waals surface area (Å²) in [5.74, 6) is 0.490. The number of carbonyl (C=O) groups is 1. The molecule has 112 valence electrons. The quantitative estimate of drug-likeness (QED) is 0.825. The number of nitrogens with zero attached hydrogens (tertiary/aromatic N) is 1. The molecular formula is C14H23N3O3. The summed E-state index contributed by atoms with van der Waals surface area (Å²) in [6.45, 7) is 8.38. The monoisotopic (exact) mass is 281 g/mol. The van der Waals surface area contributed by atoms with Gasteiger partial charge in [0.05, 0.1) is 25.3 Å². The van der Waals surface area contributed by atoms with Crippen LogP contribution in [0.1, 0.15) is 30.0 Å². The van der Waals surface area contributed by atoms with Crippen molar-refractivity contribution in [3.05, 3.63) is 23.7 Å². The van der Waals surface area contributed by atoms with Gasteiger partial charge in [-0.1, -0.05) is 0 Å². The zero-order valence-corrected chi connectivity index (χ0v) is 12.1. The van der Waals surface area contributed by atoms with Crippen molar-refractivity contribution < 1.29 is 13.9 Å². The van der Waals surface area contributed by atoms with Gasteiger partial charge in [-0.3, -0.25) is 9.69 Å². The maximum absolute atomic E-state index is 11.9. The zero-order valence-electron chi connectivity index (χ0n) is 12.1. The van der Waals surface area contributed by atoms with Gasteiger partial charge in [0.25, 0.3) is 5.91 Å². The largest absolute Gasteiger partial charge is 0.467 e. The maximum Gasteiger partial charge on any atom is 0.254 e. The molecule has 1 amide bonds. The van der Waals surface area contributed by atoms with E-state index in [0.29, 0.717) is 24.4 Å². The average Bonchev–Trinajstić information content (AvgIpc) is 2.89. The third kappa shape index (κ3) is 3.59. The zero-order chi connectivity index (χ0) is 14.6. The van der Waals surface area contributed by atoms with Crippen LogP contribution in [0.25, 0.3) is 0 Å². The van der Waals surface area contributed by atoms with Crippen molar-refractivity contribution in [3.63, 3.8) is 0 Å². The molecular weight excluding hydrogens is 258 g/mol. The molecule has 0 aromatic carbocycles. The lowest BCUT2D eigenvalue weighted by molar-refractivity contribution is -0.0498. The van der Waals surface area contributed by atoms with Crippen LogP contribution in [0.5, 0.6) is 0 Å². The number of amides is 1. The number of hydrogen-bond donors (Lipinski definition) is 2. The highest BCUT2D eigenvalue weighted by Crippen LogP contribution is 2.17. The van der Waals surface area contributed by atoms with E-state index >= 15 is 0 Å². The minimum atomic E-state index is -0.125. The van der Waals surface area contributed by atoms with E-state index in [4.69, 9.17) is 14.9 Å². The van der Waals surface area contributed by atoms with Crippen LogP contribution in [-0.2, 0) is 11.3 Å². The molecule has 2 rings (SSSR count). The summed E-state index contributed by atoms with van der Waals surface area (Å²) in [7, 11) is 0. The van der Waals surface area contributed by atoms with Crippen LogP contribution in [-0.4, -0.2) is 49.2 Å². The lowest BCUT2D eigenvalue weighted by Gasteiger charge is -2.42. The van der Waals surface area contributed by atoms with Crippen LogP contribution in [0.15, 0.2) is 16.7 Å². The Labute approximate surface area is 119 Å². The second kappa shape index (κ2) is 6.39. The third-order valence-corrected chi connectivity index (χ3v) is 3.60. The number of furan rings is 1. The summed E-state index contributed by atoms with van der Waals surface area (Å²) in [5.41, 5.74) is 5.99. The maximum atomic E-state index is 11.9. The molecule has 1 saturated heterocycles. The molecule has 0 saturated carbocycles.